The van der Waals surface area contributed by atoms with Gasteiger partial charge in [0.25, 0.3) is 5.91 Å². The molecule has 32 heavy (non-hydrogen) atoms. The third-order valence-corrected chi connectivity index (χ3v) is 5.15. The molecule has 0 saturated heterocycles. The number of carbonyl (C=O) groups is 1. The van der Waals surface area contributed by atoms with Crippen molar-refractivity contribution in [1.29, 1.82) is 0 Å². The van der Waals surface area contributed by atoms with E-state index in [0.29, 0.717) is 17.1 Å². The van der Waals surface area contributed by atoms with Crippen LogP contribution in [0.15, 0.2) is 85.2 Å². The molecule has 160 valence electrons. The summed E-state index contributed by atoms with van der Waals surface area (Å²) < 4.78 is 13.2. The van der Waals surface area contributed by atoms with Crippen molar-refractivity contribution in [2.45, 2.75) is 19.9 Å². The number of anilines is 2. The van der Waals surface area contributed by atoms with E-state index in [-0.39, 0.29) is 17.8 Å². The minimum absolute atomic E-state index is 0.0909. The summed E-state index contributed by atoms with van der Waals surface area (Å²) in [6.45, 7) is 4.00. The molecule has 0 aliphatic heterocycles. The second kappa shape index (κ2) is 9.39. The molecule has 0 saturated carbocycles. The van der Waals surface area contributed by atoms with Crippen LogP contribution in [0.25, 0.3) is 11.3 Å². The van der Waals surface area contributed by atoms with Crippen LogP contribution in [0, 0.1) is 12.7 Å². The Bertz CT molecular complexity index is 1210. The van der Waals surface area contributed by atoms with Gasteiger partial charge < -0.3 is 10.6 Å². The van der Waals surface area contributed by atoms with E-state index in [1.165, 1.54) is 24.0 Å². The summed E-state index contributed by atoms with van der Waals surface area (Å²) >= 11 is 0. The van der Waals surface area contributed by atoms with Crippen LogP contribution in [-0.4, -0.2) is 15.9 Å². The molecule has 1 heterocycles. The number of halogens is 1. The highest BCUT2D eigenvalue weighted by Gasteiger charge is 2.11. The number of hydrogen-bond donors (Lipinski definition) is 2. The largest absolute Gasteiger partial charge is 0.346 e. The minimum Gasteiger partial charge on any atom is -0.346 e. The molecule has 4 rings (SSSR count). The zero-order valence-corrected chi connectivity index (χ0v) is 17.8. The van der Waals surface area contributed by atoms with E-state index in [4.69, 9.17) is 0 Å². The van der Waals surface area contributed by atoms with Crippen molar-refractivity contribution in [3.8, 4) is 11.3 Å². The molecule has 2 N–H and O–H groups in total. The van der Waals surface area contributed by atoms with E-state index in [0.717, 1.165) is 16.8 Å². The van der Waals surface area contributed by atoms with E-state index in [9.17, 15) is 9.18 Å². The van der Waals surface area contributed by atoms with Crippen molar-refractivity contribution in [2.24, 2.45) is 0 Å². The monoisotopic (exact) mass is 426 g/mol. The van der Waals surface area contributed by atoms with Crippen LogP contribution < -0.4 is 10.6 Å². The van der Waals surface area contributed by atoms with Crippen LogP contribution in [0.1, 0.15) is 34.5 Å². The van der Waals surface area contributed by atoms with Crippen molar-refractivity contribution >= 4 is 17.4 Å². The molecular formula is C26H23FN4O. The van der Waals surface area contributed by atoms with Crippen LogP contribution in [0.2, 0.25) is 0 Å². The molecule has 1 aromatic heterocycles. The summed E-state index contributed by atoms with van der Waals surface area (Å²) in [5.74, 6) is 0.174. The highest BCUT2D eigenvalue weighted by molar-refractivity contribution is 5.94. The van der Waals surface area contributed by atoms with Crippen LogP contribution in [-0.2, 0) is 0 Å². The van der Waals surface area contributed by atoms with Crippen LogP contribution in [0.3, 0.4) is 0 Å². The highest BCUT2D eigenvalue weighted by atomic mass is 19.1. The Balaban J connectivity index is 1.41. The molecule has 6 heteroatoms. The summed E-state index contributed by atoms with van der Waals surface area (Å²) in [6, 6.07) is 23.1. The van der Waals surface area contributed by atoms with Gasteiger partial charge in [0.05, 0.1) is 11.7 Å². The summed E-state index contributed by atoms with van der Waals surface area (Å²) in [7, 11) is 0. The number of nitrogens with one attached hydrogen (secondary N) is 2. The molecule has 0 fully saturated rings. The molecule has 0 bridgehead atoms. The first-order valence-electron chi connectivity index (χ1n) is 10.3. The van der Waals surface area contributed by atoms with Gasteiger partial charge in [-0.05, 0) is 67.9 Å². The molecule has 0 aliphatic rings. The lowest BCUT2D eigenvalue weighted by molar-refractivity contribution is 0.0940. The van der Waals surface area contributed by atoms with Gasteiger partial charge in [-0.1, -0.05) is 29.8 Å². The maximum atomic E-state index is 13.2. The smallest absolute Gasteiger partial charge is 0.251 e. The van der Waals surface area contributed by atoms with Gasteiger partial charge >= 0.3 is 0 Å². The Kier molecular flexibility index (Phi) is 6.22. The molecule has 4 aromatic rings. The summed E-state index contributed by atoms with van der Waals surface area (Å²) in [5.41, 5.74) is 5.09. The molecule has 0 aliphatic carbocycles. The number of benzene rings is 3. The van der Waals surface area contributed by atoms with Crippen molar-refractivity contribution in [1.82, 2.24) is 15.3 Å². The van der Waals surface area contributed by atoms with Crippen LogP contribution in [0.5, 0.6) is 0 Å². The quantitative estimate of drug-likeness (QED) is 0.407. The Morgan fingerprint density at radius 2 is 1.59 bits per heavy atom. The second-order valence-electron chi connectivity index (χ2n) is 7.60. The molecular weight excluding hydrogens is 403 g/mol. The van der Waals surface area contributed by atoms with Crippen LogP contribution >= 0.6 is 0 Å². The highest BCUT2D eigenvalue weighted by Crippen LogP contribution is 2.22. The molecule has 0 radical (unpaired) electrons. The van der Waals surface area contributed by atoms with Gasteiger partial charge in [-0.15, -0.1) is 0 Å². The zero-order valence-electron chi connectivity index (χ0n) is 17.8. The third kappa shape index (κ3) is 5.16. The number of nitrogens with zero attached hydrogens (tertiary/aromatic N) is 2. The van der Waals surface area contributed by atoms with E-state index in [1.807, 2.05) is 50.2 Å². The normalized spacial score (nSPS) is 11.6. The van der Waals surface area contributed by atoms with Gasteiger partial charge in [-0.2, -0.15) is 0 Å². The lowest BCUT2D eigenvalue weighted by Gasteiger charge is -2.15. The molecule has 1 atom stereocenters. The van der Waals surface area contributed by atoms with Gasteiger partial charge in [0, 0.05) is 22.9 Å². The summed E-state index contributed by atoms with van der Waals surface area (Å²) in [5, 5.41) is 6.23. The van der Waals surface area contributed by atoms with E-state index < -0.39 is 0 Å². The second-order valence-corrected chi connectivity index (χ2v) is 7.60. The Morgan fingerprint density at radius 1 is 0.906 bits per heavy atom. The fourth-order valence-electron chi connectivity index (χ4n) is 3.28. The number of aromatic nitrogens is 2. The van der Waals surface area contributed by atoms with Crippen molar-refractivity contribution in [3.63, 3.8) is 0 Å². The standard InChI is InChI=1S/C26H23FN4O/c1-17-3-5-19(6-4-17)18(2)30-26(32)21-9-13-23(14-10-21)31-25-15-24(28-16-29-25)20-7-11-22(27)12-8-20/h3-16,18H,1-2H3,(H,30,32)(H,28,29,31)/t18-/m0/s1. The van der Waals surface area contributed by atoms with E-state index in [2.05, 4.69) is 20.6 Å². The Labute approximate surface area is 186 Å². The maximum absolute atomic E-state index is 13.2. The number of carbonyl (C=O) groups excluding carboxylic acids is 1. The first-order valence-corrected chi connectivity index (χ1v) is 10.3. The average Bonchev–Trinajstić information content (AvgIpc) is 2.80. The van der Waals surface area contributed by atoms with Crippen LogP contribution in [0.4, 0.5) is 15.9 Å². The molecule has 1 amide bonds. The average molecular weight is 426 g/mol. The molecule has 0 unspecified atom stereocenters. The maximum Gasteiger partial charge on any atom is 0.251 e. The first kappa shape index (κ1) is 21.2. The SMILES string of the molecule is Cc1ccc([C@H](C)NC(=O)c2ccc(Nc3cc(-c4ccc(F)cc4)ncn3)cc2)cc1. The van der Waals surface area contributed by atoms with E-state index in [1.54, 1.807) is 30.3 Å². The number of hydrogen-bond acceptors (Lipinski definition) is 4. The number of amides is 1. The first-order chi connectivity index (χ1) is 15.5. The van der Waals surface area contributed by atoms with E-state index >= 15 is 0 Å². The third-order valence-electron chi connectivity index (χ3n) is 5.15. The van der Waals surface area contributed by atoms with Crippen molar-refractivity contribution in [2.75, 3.05) is 5.32 Å². The number of rotatable bonds is 6. The van der Waals surface area contributed by atoms with Gasteiger partial charge in [-0.3, -0.25) is 4.79 Å². The zero-order chi connectivity index (χ0) is 22.5. The summed E-state index contributed by atoms with van der Waals surface area (Å²) in [4.78, 5) is 21.1. The minimum atomic E-state index is -0.293. The molecule has 3 aromatic carbocycles. The number of aryl methyl sites for hydroxylation is 1. The Morgan fingerprint density at radius 3 is 2.28 bits per heavy atom. The van der Waals surface area contributed by atoms with Gasteiger partial charge in [0.15, 0.2) is 0 Å². The van der Waals surface area contributed by atoms with Gasteiger partial charge in [0.2, 0.25) is 0 Å². The predicted molar refractivity (Wildman–Crippen MR) is 124 cm³/mol. The van der Waals surface area contributed by atoms with Crippen molar-refractivity contribution < 1.29 is 9.18 Å². The lowest BCUT2D eigenvalue weighted by atomic mass is 10.1. The van der Waals surface area contributed by atoms with Gasteiger partial charge in [-0.25, -0.2) is 14.4 Å². The fourth-order valence-corrected chi connectivity index (χ4v) is 3.28. The Hall–Kier alpha value is -4.06. The van der Waals surface area contributed by atoms with Gasteiger partial charge in [0.1, 0.15) is 18.0 Å². The fraction of sp³-hybridized carbons (Fsp3) is 0.115. The summed E-state index contributed by atoms with van der Waals surface area (Å²) in [6.07, 6.45) is 1.45. The predicted octanol–water partition coefficient (Wildman–Crippen LogP) is 5.83. The molecule has 0 spiro atoms. The molecule has 5 nitrogen and oxygen atoms in total. The topological polar surface area (TPSA) is 66.9 Å². The lowest BCUT2D eigenvalue weighted by Crippen LogP contribution is -2.26. The van der Waals surface area contributed by atoms with Crippen molar-refractivity contribution in [3.05, 3.63) is 108 Å².